The number of H-pyrrole nitrogens is 1. The summed E-state index contributed by atoms with van der Waals surface area (Å²) in [5.74, 6) is -0.981. The van der Waals surface area contributed by atoms with Crippen molar-refractivity contribution in [2.45, 2.75) is 19.4 Å². The Morgan fingerprint density at radius 3 is 2.65 bits per heavy atom. The summed E-state index contributed by atoms with van der Waals surface area (Å²) in [6.45, 7) is 6.13. The van der Waals surface area contributed by atoms with E-state index in [0.717, 1.165) is 6.20 Å². The predicted octanol–water partition coefficient (Wildman–Crippen LogP) is 3.14. The van der Waals surface area contributed by atoms with E-state index in [1.165, 1.54) is 18.3 Å². The number of piperazine rings is 1. The molecule has 10 nitrogen and oxygen atoms in total. The van der Waals surface area contributed by atoms with Crippen LogP contribution < -0.4 is 20.7 Å². The molecule has 2 aliphatic rings. The van der Waals surface area contributed by atoms with Gasteiger partial charge in [-0.25, -0.2) is 23.1 Å². The number of hydrogen-bond donors (Lipinski definition) is 2. The summed E-state index contributed by atoms with van der Waals surface area (Å²) in [6.07, 6.45) is -0.541. The van der Waals surface area contributed by atoms with Gasteiger partial charge in [-0.05, 0) is 32.2 Å². The zero-order valence-electron chi connectivity index (χ0n) is 22.2. The molecular formula is C27H30F3N7O3. The van der Waals surface area contributed by atoms with E-state index in [0.29, 0.717) is 69.3 Å². The Hall–Kier alpha value is -3.97. The van der Waals surface area contributed by atoms with Crippen LogP contribution in [0.5, 0.6) is 0 Å². The van der Waals surface area contributed by atoms with Gasteiger partial charge in [-0.2, -0.15) is 0 Å². The molecule has 2 fully saturated rings. The summed E-state index contributed by atoms with van der Waals surface area (Å²) in [5.41, 5.74) is -0.744. The van der Waals surface area contributed by atoms with Crippen LogP contribution in [0, 0.1) is 5.82 Å². The summed E-state index contributed by atoms with van der Waals surface area (Å²) < 4.78 is 48.4. The van der Waals surface area contributed by atoms with Crippen LogP contribution in [0.2, 0.25) is 0 Å². The Balaban J connectivity index is 1.55. The average molecular weight is 558 g/mol. The first kappa shape index (κ1) is 27.6. The number of benzene rings is 1. The highest BCUT2D eigenvalue weighted by Crippen LogP contribution is 2.36. The number of carbonyl (C=O) groups excluding carboxylic acids is 1. The minimum Gasteiger partial charge on any atom is -0.378 e. The van der Waals surface area contributed by atoms with E-state index in [-0.39, 0.29) is 22.9 Å². The predicted molar refractivity (Wildman–Crippen MR) is 145 cm³/mol. The molecule has 2 aromatic heterocycles. The molecule has 212 valence electrons. The maximum Gasteiger partial charge on any atom is 0.264 e. The molecule has 40 heavy (non-hydrogen) atoms. The maximum absolute atomic E-state index is 15.7. The summed E-state index contributed by atoms with van der Waals surface area (Å²) in [7, 11) is 2.00. The molecule has 1 amide bonds. The Kier molecular flexibility index (Phi) is 8.03. The number of amides is 1. The van der Waals surface area contributed by atoms with Gasteiger partial charge >= 0.3 is 0 Å². The number of nitrogens with one attached hydrogen (secondary N) is 2. The van der Waals surface area contributed by atoms with Gasteiger partial charge < -0.3 is 29.7 Å². The second-order valence-corrected chi connectivity index (χ2v) is 9.89. The van der Waals surface area contributed by atoms with E-state index in [1.54, 1.807) is 6.07 Å². The SMILES string of the molecule is CC1CN(c2cc(F)c(-c3ccnc(N4CCOCC4)n3)cc2NC(=O)c2c[nH]c(=O)cc2C(F)F)CCN1C. The quantitative estimate of drug-likeness (QED) is 0.476. The number of ether oxygens (including phenoxy) is 1. The Morgan fingerprint density at radius 2 is 1.93 bits per heavy atom. The number of halogens is 3. The van der Waals surface area contributed by atoms with Crippen LogP contribution in [0.3, 0.4) is 0 Å². The number of pyridine rings is 1. The molecule has 5 rings (SSSR count). The van der Waals surface area contributed by atoms with Crippen LogP contribution in [0.25, 0.3) is 11.3 Å². The highest BCUT2D eigenvalue weighted by Gasteiger charge is 2.27. The smallest absolute Gasteiger partial charge is 0.264 e. The molecule has 0 spiro atoms. The molecule has 1 aromatic carbocycles. The van der Waals surface area contributed by atoms with Crippen molar-refractivity contribution < 1.29 is 22.7 Å². The van der Waals surface area contributed by atoms with Crippen molar-refractivity contribution >= 4 is 23.2 Å². The fraction of sp³-hybridized carbons (Fsp3) is 0.407. The van der Waals surface area contributed by atoms with Crippen molar-refractivity contribution in [2.75, 3.05) is 68.1 Å². The third-order valence-corrected chi connectivity index (χ3v) is 7.28. The molecule has 0 aliphatic carbocycles. The number of likely N-dealkylation sites (N-methyl/N-ethyl adjacent to an activating group) is 1. The minimum atomic E-state index is -3.04. The molecule has 1 unspecified atom stereocenters. The lowest BCUT2D eigenvalue weighted by Crippen LogP contribution is -2.50. The maximum atomic E-state index is 15.7. The molecule has 2 N–H and O–H groups in total. The van der Waals surface area contributed by atoms with Gasteiger partial charge in [0.15, 0.2) is 0 Å². The van der Waals surface area contributed by atoms with E-state index >= 15 is 4.39 Å². The van der Waals surface area contributed by atoms with Gasteiger partial charge in [-0.3, -0.25) is 9.59 Å². The number of nitrogens with zero attached hydrogens (tertiary/aromatic N) is 5. The van der Waals surface area contributed by atoms with E-state index in [9.17, 15) is 18.4 Å². The standard InChI is InChI=1S/C27H30F3N7O3/c1-16-15-37(6-5-35(16)2)23-13-20(28)18(21-3-4-31-27(34-21)36-7-9-40-10-8-36)11-22(23)33-26(39)19-14-32-24(38)12-17(19)25(29)30/h3-4,11-14,16,25H,5-10,15H2,1-2H3,(H,32,38)(H,33,39). The first-order chi connectivity index (χ1) is 19.2. The van der Waals surface area contributed by atoms with E-state index in [2.05, 4.69) is 25.2 Å². The summed E-state index contributed by atoms with van der Waals surface area (Å²) in [5, 5.41) is 2.69. The highest BCUT2D eigenvalue weighted by atomic mass is 19.3. The van der Waals surface area contributed by atoms with Crippen molar-refractivity contribution in [1.29, 1.82) is 0 Å². The summed E-state index contributed by atoms with van der Waals surface area (Å²) in [4.78, 5) is 42.1. The first-order valence-corrected chi connectivity index (χ1v) is 13.0. The van der Waals surface area contributed by atoms with Gasteiger partial charge in [0.05, 0.1) is 35.8 Å². The molecule has 13 heteroatoms. The van der Waals surface area contributed by atoms with Gasteiger partial charge in [-0.15, -0.1) is 0 Å². The third-order valence-electron chi connectivity index (χ3n) is 7.28. The monoisotopic (exact) mass is 557 g/mol. The number of carbonyl (C=O) groups is 1. The number of morpholine rings is 1. The second-order valence-electron chi connectivity index (χ2n) is 9.89. The Bertz CT molecular complexity index is 1450. The lowest BCUT2D eigenvalue weighted by molar-refractivity contribution is 0.101. The van der Waals surface area contributed by atoms with E-state index in [1.807, 2.05) is 23.8 Å². The van der Waals surface area contributed by atoms with E-state index < -0.39 is 29.3 Å². The van der Waals surface area contributed by atoms with Gasteiger partial charge in [0.25, 0.3) is 12.3 Å². The summed E-state index contributed by atoms with van der Waals surface area (Å²) in [6, 6.07) is 5.22. The van der Waals surface area contributed by atoms with Gasteiger partial charge in [0.1, 0.15) is 5.82 Å². The van der Waals surface area contributed by atoms with Crippen LogP contribution in [0.15, 0.2) is 41.5 Å². The van der Waals surface area contributed by atoms with Crippen LogP contribution in [0.4, 0.5) is 30.5 Å². The molecule has 2 aliphatic heterocycles. The molecule has 1 atom stereocenters. The molecule has 0 saturated carbocycles. The third kappa shape index (κ3) is 5.80. The first-order valence-electron chi connectivity index (χ1n) is 13.0. The number of rotatable bonds is 6. The van der Waals surface area contributed by atoms with Gasteiger partial charge in [0.2, 0.25) is 11.5 Å². The van der Waals surface area contributed by atoms with Crippen molar-refractivity contribution in [3.05, 3.63) is 64.0 Å². The molecular weight excluding hydrogens is 527 g/mol. The van der Waals surface area contributed by atoms with Crippen LogP contribution in [-0.2, 0) is 4.74 Å². The fourth-order valence-electron chi connectivity index (χ4n) is 4.86. The average Bonchev–Trinajstić information content (AvgIpc) is 2.95. The molecule has 0 radical (unpaired) electrons. The van der Waals surface area contributed by atoms with Crippen LogP contribution >= 0.6 is 0 Å². The lowest BCUT2D eigenvalue weighted by atomic mass is 10.1. The minimum absolute atomic E-state index is 0.119. The van der Waals surface area contributed by atoms with Crippen molar-refractivity contribution in [1.82, 2.24) is 19.9 Å². The molecule has 2 saturated heterocycles. The van der Waals surface area contributed by atoms with E-state index in [4.69, 9.17) is 4.74 Å². The largest absolute Gasteiger partial charge is 0.378 e. The fourth-order valence-corrected chi connectivity index (χ4v) is 4.86. The topological polar surface area (TPSA) is 107 Å². The molecule has 0 bridgehead atoms. The zero-order chi connectivity index (χ0) is 28.4. The van der Waals surface area contributed by atoms with Crippen LogP contribution in [0.1, 0.15) is 29.3 Å². The number of aromatic nitrogens is 3. The normalized spacial score (nSPS) is 18.3. The zero-order valence-corrected chi connectivity index (χ0v) is 22.2. The highest BCUT2D eigenvalue weighted by molar-refractivity contribution is 6.07. The Labute approximate surface area is 228 Å². The number of hydrogen-bond acceptors (Lipinski definition) is 8. The lowest BCUT2D eigenvalue weighted by Gasteiger charge is -2.39. The molecule has 4 heterocycles. The number of anilines is 3. The van der Waals surface area contributed by atoms with Gasteiger partial charge in [-0.1, -0.05) is 0 Å². The number of alkyl halides is 2. The van der Waals surface area contributed by atoms with Crippen molar-refractivity contribution in [2.24, 2.45) is 0 Å². The Morgan fingerprint density at radius 1 is 1.15 bits per heavy atom. The second kappa shape index (κ2) is 11.6. The van der Waals surface area contributed by atoms with Gasteiger partial charge in [0, 0.05) is 68.4 Å². The molecule has 3 aromatic rings. The van der Waals surface area contributed by atoms with Crippen molar-refractivity contribution in [3.8, 4) is 11.3 Å². The number of aromatic amines is 1. The van der Waals surface area contributed by atoms with Crippen LogP contribution in [-0.4, -0.2) is 84.8 Å². The van der Waals surface area contributed by atoms with Crippen molar-refractivity contribution in [3.63, 3.8) is 0 Å². The summed E-state index contributed by atoms with van der Waals surface area (Å²) >= 11 is 0.